The lowest BCUT2D eigenvalue weighted by Crippen LogP contribution is -2.28. The molecule has 1 heteroatoms. The van der Waals surface area contributed by atoms with Crippen LogP contribution in [0.2, 0.25) is 0 Å². The van der Waals surface area contributed by atoms with Crippen LogP contribution in [0, 0.1) is 0 Å². The standard InChI is InChI=1S/C60H43N/c1-59(2)53-29-15-13-27-48(53)50-35-34-46(37-55(50)59)61(57-31-17-21-41-19-11-12-26-47(41)57)58-39-56-52(38-51(58)43-33-32-40-18-9-10-20-42(40)36-43)49-28-14-16-30-54(49)60(56,44-22-5-3-6-23-44)45-24-7-4-8-25-45/h3-39H,1-2H3. The summed E-state index contributed by atoms with van der Waals surface area (Å²) in [5, 5.41) is 4.88. The molecule has 10 aromatic carbocycles. The van der Waals surface area contributed by atoms with Crippen LogP contribution in [-0.4, -0.2) is 0 Å². The zero-order chi connectivity index (χ0) is 40.7. The Bertz CT molecular complexity index is 3290. The van der Waals surface area contributed by atoms with Crippen molar-refractivity contribution in [1.82, 2.24) is 0 Å². The van der Waals surface area contributed by atoms with E-state index in [9.17, 15) is 0 Å². The molecule has 0 aliphatic heterocycles. The molecule has 0 bridgehead atoms. The van der Waals surface area contributed by atoms with Crippen LogP contribution in [0.25, 0.3) is 54.9 Å². The first kappa shape index (κ1) is 35.5. The summed E-state index contributed by atoms with van der Waals surface area (Å²) < 4.78 is 0. The molecule has 0 spiro atoms. The number of rotatable bonds is 6. The van der Waals surface area contributed by atoms with E-state index in [-0.39, 0.29) is 5.41 Å². The number of hydrogen-bond donors (Lipinski definition) is 0. The largest absolute Gasteiger partial charge is 0.309 e. The monoisotopic (exact) mass is 777 g/mol. The van der Waals surface area contributed by atoms with Crippen molar-refractivity contribution in [2.45, 2.75) is 24.7 Å². The van der Waals surface area contributed by atoms with Gasteiger partial charge in [0.05, 0.1) is 16.8 Å². The molecular weight excluding hydrogens is 735 g/mol. The smallest absolute Gasteiger partial charge is 0.0714 e. The fourth-order valence-corrected chi connectivity index (χ4v) is 10.9. The second-order valence-corrected chi connectivity index (χ2v) is 17.2. The van der Waals surface area contributed by atoms with E-state index in [2.05, 4.69) is 243 Å². The summed E-state index contributed by atoms with van der Waals surface area (Å²) >= 11 is 0. The lowest BCUT2D eigenvalue weighted by atomic mass is 9.67. The molecule has 0 fully saturated rings. The Morgan fingerprint density at radius 3 is 1.67 bits per heavy atom. The van der Waals surface area contributed by atoms with Crippen LogP contribution in [-0.2, 0) is 10.8 Å². The molecular formula is C60H43N. The van der Waals surface area contributed by atoms with Gasteiger partial charge in [0.1, 0.15) is 0 Å². The van der Waals surface area contributed by atoms with E-state index in [1.807, 2.05) is 0 Å². The summed E-state index contributed by atoms with van der Waals surface area (Å²) in [7, 11) is 0. The highest BCUT2D eigenvalue weighted by Crippen LogP contribution is 2.59. The molecule has 0 amide bonds. The van der Waals surface area contributed by atoms with Crippen LogP contribution in [0.5, 0.6) is 0 Å². The lowest BCUT2D eigenvalue weighted by molar-refractivity contribution is 0.660. The molecule has 2 aliphatic rings. The Labute approximate surface area is 357 Å². The fourth-order valence-electron chi connectivity index (χ4n) is 10.9. The van der Waals surface area contributed by atoms with Gasteiger partial charge in [0.2, 0.25) is 0 Å². The van der Waals surface area contributed by atoms with Gasteiger partial charge in [-0.2, -0.15) is 0 Å². The van der Waals surface area contributed by atoms with E-state index in [1.165, 1.54) is 88.3 Å². The predicted molar refractivity (Wildman–Crippen MR) is 256 cm³/mol. The first-order valence-electron chi connectivity index (χ1n) is 21.4. The minimum atomic E-state index is -0.558. The second-order valence-electron chi connectivity index (χ2n) is 17.2. The third-order valence-electron chi connectivity index (χ3n) is 13.7. The normalized spacial score (nSPS) is 14.0. The summed E-state index contributed by atoms with van der Waals surface area (Å²) in [6.07, 6.45) is 0. The van der Waals surface area contributed by atoms with Crippen molar-refractivity contribution < 1.29 is 0 Å². The number of benzene rings is 10. The van der Waals surface area contributed by atoms with Crippen molar-refractivity contribution in [2.24, 2.45) is 0 Å². The highest BCUT2D eigenvalue weighted by Gasteiger charge is 2.47. The SMILES string of the molecule is CC1(C)c2ccccc2-c2ccc(N(c3cc4c(cc3-c3ccc5ccccc5c3)-c3ccccc3C4(c3ccccc3)c3ccccc3)c3cccc4ccccc34)cc21. The third-order valence-corrected chi connectivity index (χ3v) is 13.7. The molecule has 2 aliphatic carbocycles. The van der Waals surface area contributed by atoms with Crippen molar-refractivity contribution in [3.05, 3.63) is 258 Å². The summed E-state index contributed by atoms with van der Waals surface area (Å²) in [5.74, 6) is 0. The van der Waals surface area contributed by atoms with Gasteiger partial charge in [-0.05, 0) is 114 Å². The van der Waals surface area contributed by atoms with Gasteiger partial charge in [-0.15, -0.1) is 0 Å². The van der Waals surface area contributed by atoms with E-state index in [0.717, 1.165) is 17.1 Å². The average Bonchev–Trinajstić information content (AvgIpc) is 3.74. The van der Waals surface area contributed by atoms with Gasteiger partial charge in [-0.25, -0.2) is 0 Å². The second kappa shape index (κ2) is 13.5. The summed E-state index contributed by atoms with van der Waals surface area (Å²) in [4.78, 5) is 2.57. The number of nitrogens with zero attached hydrogens (tertiary/aromatic N) is 1. The molecule has 1 nitrogen and oxygen atoms in total. The van der Waals surface area contributed by atoms with Crippen LogP contribution in [0.3, 0.4) is 0 Å². The topological polar surface area (TPSA) is 3.24 Å². The van der Waals surface area contributed by atoms with E-state index < -0.39 is 5.41 Å². The van der Waals surface area contributed by atoms with Gasteiger partial charge >= 0.3 is 0 Å². The number of fused-ring (bicyclic) bond motifs is 8. The van der Waals surface area contributed by atoms with Crippen molar-refractivity contribution in [3.63, 3.8) is 0 Å². The van der Waals surface area contributed by atoms with Crippen molar-refractivity contribution >= 4 is 38.6 Å². The molecule has 0 atom stereocenters. The quantitative estimate of drug-likeness (QED) is 0.163. The number of hydrogen-bond acceptors (Lipinski definition) is 1. The zero-order valence-electron chi connectivity index (χ0n) is 34.3. The predicted octanol–water partition coefficient (Wildman–Crippen LogP) is 15.8. The molecule has 12 rings (SSSR count). The molecule has 288 valence electrons. The van der Waals surface area contributed by atoms with Crippen LogP contribution < -0.4 is 4.90 Å². The zero-order valence-corrected chi connectivity index (χ0v) is 34.3. The Balaban J connectivity index is 1.23. The van der Waals surface area contributed by atoms with Crippen LogP contribution in [0.15, 0.2) is 224 Å². The van der Waals surface area contributed by atoms with Gasteiger partial charge in [0.15, 0.2) is 0 Å². The minimum absolute atomic E-state index is 0.164. The molecule has 0 saturated carbocycles. The number of anilines is 3. The summed E-state index contributed by atoms with van der Waals surface area (Å²) in [6.45, 7) is 4.76. The average molecular weight is 778 g/mol. The van der Waals surface area contributed by atoms with Crippen molar-refractivity contribution in [3.8, 4) is 33.4 Å². The van der Waals surface area contributed by atoms with Crippen LogP contribution >= 0.6 is 0 Å². The van der Waals surface area contributed by atoms with Gasteiger partial charge in [-0.3, -0.25) is 0 Å². The van der Waals surface area contributed by atoms with Gasteiger partial charge in [0.25, 0.3) is 0 Å². The highest BCUT2D eigenvalue weighted by molar-refractivity contribution is 6.04. The molecule has 0 saturated heterocycles. The molecule has 0 heterocycles. The minimum Gasteiger partial charge on any atom is -0.309 e. The molecule has 0 radical (unpaired) electrons. The van der Waals surface area contributed by atoms with E-state index in [1.54, 1.807) is 0 Å². The Hall–Kier alpha value is -7.48. The fraction of sp³-hybridized carbons (Fsp3) is 0.0667. The maximum Gasteiger partial charge on any atom is 0.0714 e. The molecule has 0 N–H and O–H groups in total. The summed E-state index contributed by atoms with van der Waals surface area (Å²) in [6, 6.07) is 83.9. The molecule has 61 heavy (non-hydrogen) atoms. The molecule has 0 unspecified atom stereocenters. The highest BCUT2D eigenvalue weighted by atomic mass is 15.1. The lowest BCUT2D eigenvalue weighted by Gasteiger charge is -2.36. The van der Waals surface area contributed by atoms with E-state index >= 15 is 0 Å². The molecule has 10 aromatic rings. The Morgan fingerprint density at radius 1 is 0.328 bits per heavy atom. The third kappa shape index (κ3) is 5.20. The van der Waals surface area contributed by atoms with Gasteiger partial charge in [0, 0.05) is 22.1 Å². The maximum atomic E-state index is 2.57. The summed E-state index contributed by atoms with van der Waals surface area (Å²) in [5.41, 5.74) is 18.1. The van der Waals surface area contributed by atoms with Crippen LogP contribution in [0.4, 0.5) is 17.1 Å². The van der Waals surface area contributed by atoms with Crippen LogP contribution in [0.1, 0.15) is 47.2 Å². The Kier molecular flexibility index (Phi) is 7.86. The first-order chi connectivity index (χ1) is 30.0. The van der Waals surface area contributed by atoms with Crippen molar-refractivity contribution in [2.75, 3.05) is 4.90 Å². The van der Waals surface area contributed by atoms with Gasteiger partial charge < -0.3 is 4.90 Å². The van der Waals surface area contributed by atoms with Crippen molar-refractivity contribution in [1.29, 1.82) is 0 Å². The molecule has 0 aromatic heterocycles. The Morgan fingerprint density at radius 2 is 0.918 bits per heavy atom. The maximum absolute atomic E-state index is 2.57. The van der Waals surface area contributed by atoms with E-state index in [4.69, 9.17) is 0 Å². The van der Waals surface area contributed by atoms with E-state index in [0.29, 0.717) is 0 Å². The first-order valence-corrected chi connectivity index (χ1v) is 21.4. The van der Waals surface area contributed by atoms with Gasteiger partial charge in [-0.1, -0.05) is 202 Å².